The Bertz CT molecular complexity index is 400. The van der Waals surface area contributed by atoms with Gasteiger partial charge in [-0.05, 0) is 28.4 Å². The summed E-state index contributed by atoms with van der Waals surface area (Å²) in [5.41, 5.74) is -0.216. The van der Waals surface area contributed by atoms with Crippen molar-refractivity contribution >= 4 is 21.9 Å². The van der Waals surface area contributed by atoms with Gasteiger partial charge in [0.15, 0.2) is 0 Å². The minimum absolute atomic E-state index is 0.0434. The summed E-state index contributed by atoms with van der Waals surface area (Å²) < 4.78 is 6.94. The van der Waals surface area contributed by atoms with Crippen molar-refractivity contribution in [3.63, 3.8) is 0 Å². The molecule has 0 amide bonds. The summed E-state index contributed by atoms with van der Waals surface area (Å²) in [6.07, 6.45) is 2.34. The molecule has 0 aliphatic rings. The van der Waals surface area contributed by atoms with Crippen molar-refractivity contribution in [3.05, 3.63) is 33.2 Å². The first kappa shape index (κ1) is 12.0. The van der Waals surface area contributed by atoms with Crippen LogP contribution in [0.4, 0.5) is 0 Å². The molecule has 0 atom stereocenters. The van der Waals surface area contributed by atoms with Gasteiger partial charge in [0.05, 0.1) is 6.61 Å². The highest BCUT2D eigenvalue weighted by Crippen LogP contribution is 2.04. The molecule has 0 saturated heterocycles. The minimum atomic E-state index is -0.392. The predicted octanol–water partition coefficient (Wildman–Crippen LogP) is 1.56. The molecular weight excluding hydrogens is 262 g/mol. The molecule has 15 heavy (non-hydrogen) atoms. The molecule has 4 nitrogen and oxygen atoms in total. The minimum Gasteiger partial charge on any atom is -0.464 e. The number of nitrogens with zero attached hydrogens (tertiary/aromatic N) is 1. The highest BCUT2D eigenvalue weighted by molar-refractivity contribution is 9.10. The molecule has 82 valence electrons. The Kier molecular flexibility index (Phi) is 4.55. The smallest absolute Gasteiger partial charge is 0.326 e. The van der Waals surface area contributed by atoms with E-state index in [1.807, 2.05) is 6.92 Å². The molecule has 1 heterocycles. The van der Waals surface area contributed by atoms with Crippen LogP contribution < -0.4 is 5.56 Å². The van der Waals surface area contributed by atoms with Gasteiger partial charge >= 0.3 is 5.97 Å². The highest BCUT2D eigenvalue weighted by atomic mass is 79.9. The van der Waals surface area contributed by atoms with Gasteiger partial charge in [-0.2, -0.15) is 0 Å². The Hall–Kier alpha value is -1.10. The first-order valence-corrected chi connectivity index (χ1v) is 5.44. The van der Waals surface area contributed by atoms with Crippen molar-refractivity contribution in [2.24, 2.45) is 0 Å². The summed E-state index contributed by atoms with van der Waals surface area (Å²) in [7, 11) is 0. The number of carbonyl (C=O) groups excluding carboxylic acids is 1. The lowest BCUT2D eigenvalue weighted by Crippen LogP contribution is -2.24. The van der Waals surface area contributed by atoms with Crippen LogP contribution in [0.5, 0.6) is 0 Å². The predicted molar refractivity (Wildman–Crippen MR) is 59.7 cm³/mol. The van der Waals surface area contributed by atoms with Gasteiger partial charge in [-0.25, -0.2) is 0 Å². The number of ether oxygens (including phenoxy) is 1. The summed E-state index contributed by atoms with van der Waals surface area (Å²) in [6, 6.07) is 3.04. The molecule has 0 saturated carbocycles. The molecule has 1 rings (SSSR count). The number of aromatic nitrogens is 1. The molecule has 1 aromatic heterocycles. The van der Waals surface area contributed by atoms with Gasteiger partial charge < -0.3 is 9.30 Å². The van der Waals surface area contributed by atoms with E-state index in [1.54, 1.807) is 12.3 Å². The van der Waals surface area contributed by atoms with Gasteiger partial charge in [0.1, 0.15) is 6.54 Å². The van der Waals surface area contributed by atoms with E-state index in [4.69, 9.17) is 4.74 Å². The van der Waals surface area contributed by atoms with Crippen molar-refractivity contribution in [2.75, 3.05) is 6.61 Å². The second-order valence-electron chi connectivity index (χ2n) is 3.03. The zero-order valence-corrected chi connectivity index (χ0v) is 9.99. The van der Waals surface area contributed by atoms with Crippen LogP contribution in [0.3, 0.4) is 0 Å². The zero-order chi connectivity index (χ0) is 11.3. The molecule has 0 aliphatic carbocycles. The van der Waals surface area contributed by atoms with Gasteiger partial charge in [0, 0.05) is 16.7 Å². The van der Waals surface area contributed by atoms with Gasteiger partial charge in [-0.3, -0.25) is 9.59 Å². The fourth-order valence-corrected chi connectivity index (χ4v) is 1.41. The Morgan fingerprint density at radius 3 is 2.93 bits per heavy atom. The monoisotopic (exact) mass is 273 g/mol. The van der Waals surface area contributed by atoms with Crippen LogP contribution in [0.2, 0.25) is 0 Å². The Morgan fingerprint density at radius 2 is 2.27 bits per heavy atom. The van der Waals surface area contributed by atoms with Crippen molar-refractivity contribution < 1.29 is 9.53 Å². The number of hydrogen-bond acceptors (Lipinski definition) is 3. The lowest BCUT2D eigenvalue weighted by Gasteiger charge is -2.05. The molecule has 0 fully saturated rings. The molecule has 0 radical (unpaired) electrons. The largest absolute Gasteiger partial charge is 0.464 e. The van der Waals surface area contributed by atoms with Crippen LogP contribution in [-0.4, -0.2) is 17.1 Å². The summed E-state index contributed by atoms with van der Waals surface area (Å²) in [5.74, 6) is -0.392. The first-order chi connectivity index (χ1) is 7.13. The number of rotatable bonds is 4. The number of esters is 1. The fourth-order valence-electron chi connectivity index (χ4n) is 1.03. The maximum Gasteiger partial charge on any atom is 0.326 e. The molecule has 1 aromatic rings. The maximum absolute atomic E-state index is 11.3. The van der Waals surface area contributed by atoms with Crippen LogP contribution in [0.15, 0.2) is 27.6 Å². The summed E-state index contributed by atoms with van der Waals surface area (Å²) in [4.78, 5) is 22.6. The number of carbonyl (C=O) groups is 1. The van der Waals surface area contributed by atoms with Gasteiger partial charge in [0.25, 0.3) is 5.56 Å². The van der Waals surface area contributed by atoms with E-state index in [9.17, 15) is 9.59 Å². The van der Waals surface area contributed by atoms with Gasteiger partial charge in [0.2, 0.25) is 0 Å². The number of pyridine rings is 1. The molecule has 0 spiro atoms. The zero-order valence-electron chi connectivity index (χ0n) is 8.40. The SMILES string of the molecule is CCCOC(=O)Cn1cc(Br)ccc1=O. The van der Waals surface area contributed by atoms with Crippen LogP contribution in [-0.2, 0) is 16.1 Å². The second-order valence-corrected chi connectivity index (χ2v) is 3.95. The van der Waals surface area contributed by atoms with E-state index in [0.717, 1.165) is 10.9 Å². The van der Waals surface area contributed by atoms with Gasteiger partial charge in [-0.15, -0.1) is 0 Å². The molecule has 0 aromatic carbocycles. The van der Waals surface area contributed by atoms with Crippen molar-refractivity contribution in [2.45, 2.75) is 19.9 Å². The summed E-state index contributed by atoms with van der Waals surface area (Å²) in [6.45, 7) is 2.26. The molecule has 0 bridgehead atoms. The van der Waals surface area contributed by atoms with E-state index in [-0.39, 0.29) is 12.1 Å². The van der Waals surface area contributed by atoms with Crippen molar-refractivity contribution in [3.8, 4) is 0 Å². The molecule has 0 unspecified atom stereocenters. The molecule has 5 heteroatoms. The summed E-state index contributed by atoms with van der Waals surface area (Å²) in [5, 5.41) is 0. The van der Waals surface area contributed by atoms with E-state index in [0.29, 0.717) is 6.61 Å². The van der Waals surface area contributed by atoms with E-state index >= 15 is 0 Å². The fraction of sp³-hybridized carbons (Fsp3) is 0.400. The highest BCUT2D eigenvalue weighted by Gasteiger charge is 2.05. The van der Waals surface area contributed by atoms with Crippen LogP contribution in [0.1, 0.15) is 13.3 Å². The maximum atomic E-state index is 11.3. The standard InChI is InChI=1S/C10H12BrNO3/c1-2-5-15-10(14)7-12-6-8(11)3-4-9(12)13/h3-4,6H,2,5,7H2,1H3. The Labute approximate surface area is 96.0 Å². The topological polar surface area (TPSA) is 48.3 Å². The van der Waals surface area contributed by atoms with Crippen molar-refractivity contribution in [1.29, 1.82) is 0 Å². The normalized spacial score (nSPS) is 10.0. The third kappa shape index (κ3) is 3.87. The third-order valence-electron chi connectivity index (χ3n) is 1.71. The van der Waals surface area contributed by atoms with Crippen LogP contribution >= 0.6 is 15.9 Å². The second kappa shape index (κ2) is 5.70. The van der Waals surface area contributed by atoms with E-state index in [2.05, 4.69) is 15.9 Å². The molecule has 0 aliphatic heterocycles. The molecule has 0 N–H and O–H groups in total. The van der Waals surface area contributed by atoms with E-state index in [1.165, 1.54) is 10.6 Å². The lowest BCUT2D eigenvalue weighted by atomic mass is 10.4. The third-order valence-corrected chi connectivity index (χ3v) is 2.18. The van der Waals surface area contributed by atoms with Crippen molar-refractivity contribution in [1.82, 2.24) is 4.57 Å². The number of halogens is 1. The first-order valence-electron chi connectivity index (χ1n) is 4.65. The lowest BCUT2D eigenvalue weighted by molar-refractivity contribution is -0.144. The Balaban J connectivity index is 2.68. The average Bonchev–Trinajstić information content (AvgIpc) is 2.20. The van der Waals surface area contributed by atoms with Crippen LogP contribution in [0, 0.1) is 0 Å². The number of hydrogen-bond donors (Lipinski definition) is 0. The molecular formula is C10H12BrNO3. The van der Waals surface area contributed by atoms with Crippen LogP contribution in [0.25, 0.3) is 0 Å². The summed E-state index contributed by atoms with van der Waals surface area (Å²) >= 11 is 3.23. The van der Waals surface area contributed by atoms with E-state index < -0.39 is 5.97 Å². The average molecular weight is 274 g/mol. The quantitative estimate of drug-likeness (QED) is 0.783. The van der Waals surface area contributed by atoms with Gasteiger partial charge in [-0.1, -0.05) is 6.92 Å². The Morgan fingerprint density at radius 1 is 1.53 bits per heavy atom.